The first-order valence-electron chi connectivity index (χ1n) is 8.37. The normalized spacial score (nSPS) is 15.5. The minimum atomic E-state index is 0. The van der Waals surface area contributed by atoms with Crippen LogP contribution in [0.2, 0.25) is 0 Å². The van der Waals surface area contributed by atoms with Gasteiger partial charge in [0.05, 0.1) is 7.11 Å². The van der Waals surface area contributed by atoms with E-state index >= 15 is 0 Å². The van der Waals surface area contributed by atoms with E-state index in [4.69, 9.17) is 4.74 Å². The molecule has 0 heterocycles. The Bertz CT molecular complexity index is 745. The number of nitrogens with zero attached hydrogens (tertiary/aromatic N) is 1. The first-order chi connectivity index (χ1) is 11.7. The number of rotatable bonds is 5. The summed E-state index contributed by atoms with van der Waals surface area (Å²) >= 11 is 0. The number of nitrogens with one attached hydrogen (secondary N) is 2. The first-order valence-corrected chi connectivity index (χ1v) is 8.37. The SMILES string of the molecule is CN=C(NCc1ccc(C)cc1OC)NCC1Cc2ccccc21.I. The van der Waals surface area contributed by atoms with Gasteiger partial charge in [-0.2, -0.15) is 0 Å². The highest BCUT2D eigenvalue weighted by atomic mass is 127. The smallest absolute Gasteiger partial charge is 0.191 e. The van der Waals surface area contributed by atoms with Crippen molar-refractivity contribution in [1.29, 1.82) is 0 Å². The number of aryl methyl sites for hydroxylation is 1. The Labute approximate surface area is 167 Å². The summed E-state index contributed by atoms with van der Waals surface area (Å²) in [5.41, 5.74) is 5.25. The van der Waals surface area contributed by atoms with E-state index in [0.717, 1.165) is 30.2 Å². The van der Waals surface area contributed by atoms with Crippen LogP contribution in [0.4, 0.5) is 0 Å². The van der Waals surface area contributed by atoms with Gasteiger partial charge in [-0.3, -0.25) is 4.99 Å². The Morgan fingerprint density at radius 2 is 2.00 bits per heavy atom. The molecular weight excluding hydrogens is 425 g/mol. The van der Waals surface area contributed by atoms with Gasteiger partial charge >= 0.3 is 0 Å². The molecule has 0 aromatic heterocycles. The van der Waals surface area contributed by atoms with E-state index in [9.17, 15) is 0 Å². The molecule has 0 bridgehead atoms. The molecule has 0 spiro atoms. The fraction of sp³-hybridized carbons (Fsp3) is 0.350. The maximum Gasteiger partial charge on any atom is 0.191 e. The van der Waals surface area contributed by atoms with Crippen LogP contribution in [-0.2, 0) is 13.0 Å². The molecule has 3 rings (SSSR count). The minimum absolute atomic E-state index is 0. The Morgan fingerprint density at radius 3 is 2.72 bits per heavy atom. The molecule has 0 saturated carbocycles. The molecular formula is C20H26IN3O. The van der Waals surface area contributed by atoms with Crippen LogP contribution in [0.25, 0.3) is 0 Å². The highest BCUT2D eigenvalue weighted by Crippen LogP contribution is 2.33. The van der Waals surface area contributed by atoms with Crippen molar-refractivity contribution in [1.82, 2.24) is 10.6 Å². The molecule has 1 unspecified atom stereocenters. The number of ether oxygens (including phenoxy) is 1. The van der Waals surface area contributed by atoms with E-state index in [2.05, 4.69) is 65.0 Å². The molecule has 2 N–H and O–H groups in total. The second-order valence-corrected chi connectivity index (χ2v) is 6.22. The van der Waals surface area contributed by atoms with Crippen molar-refractivity contribution >= 4 is 29.9 Å². The lowest BCUT2D eigenvalue weighted by atomic mass is 9.78. The predicted molar refractivity (Wildman–Crippen MR) is 114 cm³/mol. The lowest BCUT2D eigenvalue weighted by molar-refractivity contribution is 0.408. The van der Waals surface area contributed by atoms with Gasteiger partial charge in [0.2, 0.25) is 0 Å². The van der Waals surface area contributed by atoms with E-state index < -0.39 is 0 Å². The number of halogens is 1. The van der Waals surface area contributed by atoms with Gasteiger partial charge in [-0.15, -0.1) is 24.0 Å². The number of methoxy groups -OCH3 is 1. The quantitative estimate of drug-likeness (QED) is 0.415. The maximum atomic E-state index is 5.46. The molecule has 0 fully saturated rings. The van der Waals surface area contributed by atoms with Gasteiger partial charge in [0.1, 0.15) is 5.75 Å². The van der Waals surface area contributed by atoms with Crippen molar-refractivity contribution in [3.8, 4) is 5.75 Å². The lowest BCUT2D eigenvalue weighted by Gasteiger charge is -2.30. The van der Waals surface area contributed by atoms with Crippen LogP contribution in [0.3, 0.4) is 0 Å². The molecule has 2 aromatic carbocycles. The van der Waals surface area contributed by atoms with Crippen molar-refractivity contribution in [2.75, 3.05) is 20.7 Å². The van der Waals surface area contributed by atoms with Crippen LogP contribution in [0.15, 0.2) is 47.5 Å². The topological polar surface area (TPSA) is 45.7 Å². The molecule has 5 heteroatoms. The molecule has 1 aliphatic rings. The summed E-state index contributed by atoms with van der Waals surface area (Å²) in [5.74, 6) is 2.31. The van der Waals surface area contributed by atoms with Crippen LogP contribution >= 0.6 is 24.0 Å². The van der Waals surface area contributed by atoms with Gasteiger partial charge < -0.3 is 15.4 Å². The van der Waals surface area contributed by atoms with Gasteiger partial charge in [-0.1, -0.05) is 36.4 Å². The molecule has 0 saturated heterocycles. The summed E-state index contributed by atoms with van der Waals surface area (Å²) in [6.07, 6.45) is 1.14. The molecule has 2 aromatic rings. The maximum absolute atomic E-state index is 5.46. The number of benzene rings is 2. The monoisotopic (exact) mass is 451 g/mol. The van der Waals surface area contributed by atoms with Crippen molar-refractivity contribution in [2.45, 2.75) is 25.8 Å². The van der Waals surface area contributed by atoms with Crippen LogP contribution in [0.5, 0.6) is 5.75 Å². The highest BCUT2D eigenvalue weighted by molar-refractivity contribution is 14.0. The Balaban J connectivity index is 0.00000225. The lowest BCUT2D eigenvalue weighted by Crippen LogP contribution is -2.40. The number of fused-ring (bicyclic) bond motifs is 1. The zero-order chi connectivity index (χ0) is 16.9. The third-order valence-corrected chi connectivity index (χ3v) is 4.59. The molecule has 134 valence electrons. The number of aliphatic imine (C=N–C) groups is 1. The minimum Gasteiger partial charge on any atom is -0.496 e. The van der Waals surface area contributed by atoms with Gasteiger partial charge in [0.25, 0.3) is 0 Å². The number of guanidine groups is 1. The predicted octanol–water partition coefficient (Wildman–Crippen LogP) is 3.63. The third-order valence-electron chi connectivity index (χ3n) is 4.59. The third kappa shape index (κ3) is 4.66. The molecule has 1 atom stereocenters. The molecule has 0 amide bonds. The van der Waals surface area contributed by atoms with Crippen molar-refractivity contribution in [3.63, 3.8) is 0 Å². The van der Waals surface area contributed by atoms with Crippen LogP contribution in [0, 0.1) is 6.92 Å². The van der Waals surface area contributed by atoms with Gasteiger partial charge in [0, 0.05) is 31.6 Å². The van der Waals surface area contributed by atoms with Crippen LogP contribution in [0.1, 0.15) is 28.2 Å². The van der Waals surface area contributed by atoms with E-state index in [1.165, 1.54) is 16.7 Å². The Hall–Kier alpha value is -1.76. The van der Waals surface area contributed by atoms with Crippen molar-refractivity contribution in [3.05, 3.63) is 64.7 Å². The fourth-order valence-corrected chi connectivity index (χ4v) is 3.16. The molecule has 25 heavy (non-hydrogen) atoms. The van der Waals surface area contributed by atoms with Gasteiger partial charge in [0.15, 0.2) is 5.96 Å². The summed E-state index contributed by atoms with van der Waals surface area (Å²) in [7, 11) is 3.51. The van der Waals surface area contributed by atoms with Crippen LogP contribution in [-0.4, -0.2) is 26.7 Å². The average Bonchev–Trinajstić information content (AvgIpc) is 2.59. The van der Waals surface area contributed by atoms with Crippen molar-refractivity contribution in [2.24, 2.45) is 4.99 Å². The zero-order valence-corrected chi connectivity index (χ0v) is 17.3. The second-order valence-electron chi connectivity index (χ2n) is 6.22. The van der Waals surface area contributed by atoms with Gasteiger partial charge in [-0.05, 0) is 36.1 Å². The first kappa shape index (κ1) is 19.6. The summed E-state index contributed by atoms with van der Waals surface area (Å²) in [6.45, 7) is 3.66. The number of hydrogen-bond donors (Lipinski definition) is 2. The zero-order valence-electron chi connectivity index (χ0n) is 15.0. The van der Waals surface area contributed by atoms with E-state index in [0.29, 0.717) is 12.5 Å². The molecule has 0 aliphatic heterocycles. The number of hydrogen-bond acceptors (Lipinski definition) is 2. The summed E-state index contributed by atoms with van der Waals surface area (Å²) < 4.78 is 5.46. The fourth-order valence-electron chi connectivity index (χ4n) is 3.16. The standard InChI is InChI=1S/C20H25N3O.HI/c1-14-8-9-16(19(10-14)24-3)12-22-20(21-2)23-13-17-11-15-6-4-5-7-18(15)17;/h4-10,17H,11-13H2,1-3H3,(H2,21,22,23);1H. The highest BCUT2D eigenvalue weighted by Gasteiger charge is 2.25. The van der Waals surface area contributed by atoms with E-state index in [-0.39, 0.29) is 24.0 Å². The van der Waals surface area contributed by atoms with E-state index in [1.807, 2.05) is 0 Å². The average molecular weight is 451 g/mol. The Morgan fingerprint density at radius 1 is 1.20 bits per heavy atom. The molecule has 4 nitrogen and oxygen atoms in total. The second kappa shape index (κ2) is 9.08. The van der Waals surface area contributed by atoms with Crippen LogP contribution < -0.4 is 15.4 Å². The summed E-state index contributed by atoms with van der Waals surface area (Å²) in [6, 6.07) is 14.9. The van der Waals surface area contributed by atoms with Gasteiger partial charge in [-0.25, -0.2) is 0 Å². The van der Waals surface area contributed by atoms with E-state index in [1.54, 1.807) is 14.2 Å². The molecule has 1 aliphatic carbocycles. The Kier molecular flexibility index (Phi) is 7.11. The summed E-state index contributed by atoms with van der Waals surface area (Å²) in [4.78, 5) is 4.32. The largest absolute Gasteiger partial charge is 0.496 e. The van der Waals surface area contributed by atoms with Crippen molar-refractivity contribution < 1.29 is 4.74 Å². The molecule has 0 radical (unpaired) electrons. The summed E-state index contributed by atoms with van der Waals surface area (Å²) in [5, 5.41) is 6.80.